The molecule has 88 valence electrons. The van der Waals surface area contributed by atoms with Crippen LogP contribution in [0.25, 0.3) is 0 Å². The second-order valence-corrected chi connectivity index (χ2v) is 4.44. The van der Waals surface area contributed by atoms with Gasteiger partial charge in [-0.05, 0) is 24.9 Å². The zero-order valence-electron chi connectivity index (χ0n) is 9.64. The summed E-state index contributed by atoms with van der Waals surface area (Å²) >= 11 is 0. The largest absolute Gasteiger partial charge is 0.303 e. The van der Waals surface area contributed by atoms with Gasteiger partial charge in [-0.3, -0.25) is 4.90 Å². The van der Waals surface area contributed by atoms with Crippen molar-refractivity contribution < 1.29 is 4.84 Å². The van der Waals surface area contributed by atoms with E-state index in [0.29, 0.717) is 12.6 Å². The molecule has 0 bridgehead atoms. The summed E-state index contributed by atoms with van der Waals surface area (Å²) in [5.41, 5.74) is 1.37. The maximum atomic E-state index is 5.19. The van der Waals surface area contributed by atoms with Crippen LogP contribution in [0.3, 0.4) is 0 Å². The molecule has 1 saturated heterocycles. The summed E-state index contributed by atoms with van der Waals surface area (Å²) < 4.78 is 0. The van der Waals surface area contributed by atoms with Gasteiger partial charge in [0.05, 0.1) is 6.61 Å². The Kier molecular flexibility index (Phi) is 4.34. The molecule has 3 nitrogen and oxygen atoms in total. The molecule has 2 N–H and O–H groups in total. The average molecular weight is 220 g/mol. The number of nitrogens with two attached hydrogens (primary N) is 1. The maximum Gasteiger partial charge on any atom is 0.0834 e. The maximum absolute atomic E-state index is 5.19. The van der Waals surface area contributed by atoms with Crippen molar-refractivity contribution in [3.05, 3.63) is 35.9 Å². The van der Waals surface area contributed by atoms with Crippen LogP contribution in [0.4, 0.5) is 0 Å². The zero-order chi connectivity index (χ0) is 11.2. The lowest BCUT2D eigenvalue weighted by Crippen LogP contribution is -2.42. The predicted molar refractivity (Wildman–Crippen MR) is 64.6 cm³/mol. The Hall–Kier alpha value is -0.900. The van der Waals surface area contributed by atoms with Crippen molar-refractivity contribution in [2.45, 2.75) is 31.8 Å². The molecule has 0 aliphatic carbocycles. The lowest BCUT2D eigenvalue weighted by Gasteiger charge is -2.35. The van der Waals surface area contributed by atoms with Gasteiger partial charge in [0.15, 0.2) is 0 Å². The minimum atomic E-state index is 0.485. The van der Waals surface area contributed by atoms with Crippen LogP contribution in [-0.4, -0.2) is 24.1 Å². The van der Waals surface area contributed by atoms with Gasteiger partial charge in [-0.1, -0.05) is 36.8 Å². The molecule has 1 aliphatic heterocycles. The first-order valence-corrected chi connectivity index (χ1v) is 6.00. The minimum absolute atomic E-state index is 0.485. The molecule has 3 heteroatoms. The van der Waals surface area contributed by atoms with Gasteiger partial charge in [0.25, 0.3) is 0 Å². The third-order valence-electron chi connectivity index (χ3n) is 3.27. The highest BCUT2D eigenvalue weighted by Gasteiger charge is 2.22. The van der Waals surface area contributed by atoms with E-state index in [4.69, 9.17) is 10.7 Å². The first-order valence-electron chi connectivity index (χ1n) is 6.00. The van der Waals surface area contributed by atoms with E-state index in [9.17, 15) is 0 Å². The Bertz CT molecular complexity index is 300. The summed E-state index contributed by atoms with van der Waals surface area (Å²) in [6.45, 7) is 2.81. The van der Waals surface area contributed by atoms with Gasteiger partial charge < -0.3 is 4.84 Å². The topological polar surface area (TPSA) is 38.5 Å². The van der Waals surface area contributed by atoms with E-state index in [1.807, 2.05) is 0 Å². The van der Waals surface area contributed by atoms with E-state index in [0.717, 1.165) is 13.1 Å². The van der Waals surface area contributed by atoms with Gasteiger partial charge in [-0.15, -0.1) is 0 Å². The normalized spacial score (nSPS) is 22.2. The van der Waals surface area contributed by atoms with Gasteiger partial charge in [0.2, 0.25) is 0 Å². The van der Waals surface area contributed by atoms with Gasteiger partial charge in [0, 0.05) is 12.6 Å². The van der Waals surface area contributed by atoms with E-state index in [-0.39, 0.29) is 0 Å². The molecule has 0 amide bonds. The Balaban J connectivity index is 1.96. The number of nitrogens with zero attached hydrogens (tertiary/aromatic N) is 1. The number of benzene rings is 1. The van der Waals surface area contributed by atoms with Gasteiger partial charge >= 0.3 is 0 Å². The smallest absolute Gasteiger partial charge is 0.0834 e. The summed E-state index contributed by atoms with van der Waals surface area (Å²) in [5, 5.41) is 0. The van der Waals surface area contributed by atoms with Crippen LogP contribution in [0, 0.1) is 0 Å². The molecular weight excluding hydrogens is 200 g/mol. The van der Waals surface area contributed by atoms with Crippen LogP contribution < -0.4 is 5.90 Å². The fraction of sp³-hybridized carbons (Fsp3) is 0.538. The first-order chi connectivity index (χ1) is 7.90. The predicted octanol–water partition coefficient (Wildman–Crippen LogP) is 1.93. The van der Waals surface area contributed by atoms with Crippen LogP contribution in [0.1, 0.15) is 24.8 Å². The third kappa shape index (κ3) is 3.04. The minimum Gasteiger partial charge on any atom is -0.303 e. The van der Waals surface area contributed by atoms with Crippen molar-refractivity contribution in [1.29, 1.82) is 0 Å². The fourth-order valence-electron chi connectivity index (χ4n) is 2.39. The molecule has 0 spiro atoms. The van der Waals surface area contributed by atoms with Gasteiger partial charge in [-0.2, -0.15) is 0 Å². The van der Waals surface area contributed by atoms with E-state index in [2.05, 4.69) is 35.2 Å². The van der Waals surface area contributed by atoms with Crippen molar-refractivity contribution in [3.8, 4) is 0 Å². The van der Waals surface area contributed by atoms with E-state index >= 15 is 0 Å². The Labute approximate surface area is 97.1 Å². The first kappa shape index (κ1) is 11.6. The lowest BCUT2D eigenvalue weighted by atomic mass is 10.0. The second-order valence-electron chi connectivity index (χ2n) is 4.44. The highest BCUT2D eigenvalue weighted by molar-refractivity contribution is 5.14. The van der Waals surface area contributed by atoms with Crippen molar-refractivity contribution >= 4 is 0 Å². The van der Waals surface area contributed by atoms with Crippen molar-refractivity contribution in [1.82, 2.24) is 4.90 Å². The molecule has 1 fully saturated rings. The lowest BCUT2D eigenvalue weighted by molar-refractivity contribution is 0.0360. The Morgan fingerprint density at radius 1 is 1.25 bits per heavy atom. The average Bonchev–Trinajstić information content (AvgIpc) is 2.33. The van der Waals surface area contributed by atoms with Crippen molar-refractivity contribution in [2.75, 3.05) is 13.2 Å². The Morgan fingerprint density at radius 2 is 2.06 bits per heavy atom. The number of likely N-dealkylation sites (tertiary alicyclic amines) is 1. The molecule has 0 aromatic heterocycles. The summed E-state index contributed by atoms with van der Waals surface area (Å²) in [5.74, 6) is 5.19. The highest BCUT2D eigenvalue weighted by Crippen LogP contribution is 2.19. The molecule has 1 atom stereocenters. The third-order valence-corrected chi connectivity index (χ3v) is 3.27. The Morgan fingerprint density at radius 3 is 2.81 bits per heavy atom. The molecule has 2 rings (SSSR count). The quantitative estimate of drug-likeness (QED) is 0.788. The van der Waals surface area contributed by atoms with E-state index in [1.165, 1.54) is 24.8 Å². The van der Waals surface area contributed by atoms with Gasteiger partial charge in [-0.25, -0.2) is 5.90 Å². The molecule has 1 heterocycles. The summed E-state index contributed by atoms with van der Waals surface area (Å²) in [7, 11) is 0. The van der Waals surface area contributed by atoms with Crippen molar-refractivity contribution in [3.63, 3.8) is 0 Å². The number of rotatable bonds is 4. The van der Waals surface area contributed by atoms with Crippen LogP contribution in [-0.2, 0) is 11.4 Å². The number of hydrogen-bond acceptors (Lipinski definition) is 3. The highest BCUT2D eigenvalue weighted by atomic mass is 16.6. The van der Waals surface area contributed by atoms with Crippen LogP contribution >= 0.6 is 0 Å². The SMILES string of the molecule is NOCC1CCCCN1Cc1ccccc1. The summed E-state index contributed by atoms with van der Waals surface area (Å²) in [4.78, 5) is 7.29. The fourth-order valence-corrected chi connectivity index (χ4v) is 2.39. The summed E-state index contributed by atoms with van der Waals surface area (Å²) in [6.07, 6.45) is 3.78. The monoisotopic (exact) mass is 220 g/mol. The molecular formula is C13H20N2O. The van der Waals surface area contributed by atoms with Gasteiger partial charge in [0.1, 0.15) is 0 Å². The number of piperidine rings is 1. The van der Waals surface area contributed by atoms with Crippen molar-refractivity contribution in [2.24, 2.45) is 5.90 Å². The van der Waals surface area contributed by atoms with Crippen LogP contribution in [0.5, 0.6) is 0 Å². The molecule has 1 aromatic rings. The zero-order valence-corrected chi connectivity index (χ0v) is 9.64. The molecule has 1 aromatic carbocycles. The molecule has 1 unspecified atom stereocenters. The molecule has 16 heavy (non-hydrogen) atoms. The summed E-state index contributed by atoms with van der Waals surface area (Å²) in [6, 6.07) is 11.1. The van der Waals surface area contributed by atoms with E-state index in [1.54, 1.807) is 0 Å². The molecule has 1 aliphatic rings. The second kappa shape index (κ2) is 5.99. The standard InChI is InChI=1S/C13H20N2O/c14-16-11-13-8-4-5-9-15(13)10-12-6-2-1-3-7-12/h1-3,6-7,13H,4-5,8-11,14H2. The molecule has 0 radical (unpaired) electrons. The van der Waals surface area contributed by atoms with Crippen LogP contribution in [0.2, 0.25) is 0 Å². The molecule has 0 saturated carbocycles. The number of hydrogen-bond donors (Lipinski definition) is 1. The van der Waals surface area contributed by atoms with Crippen LogP contribution in [0.15, 0.2) is 30.3 Å². The van der Waals surface area contributed by atoms with E-state index < -0.39 is 0 Å².